The molecular formula is C37H46N2O3S. The van der Waals surface area contributed by atoms with Crippen molar-refractivity contribution < 1.29 is 14.6 Å². The maximum absolute atomic E-state index is 10.2. The summed E-state index contributed by atoms with van der Waals surface area (Å²) < 4.78 is 13.8. The van der Waals surface area contributed by atoms with Crippen molar-refractivity contribution in [1.29, 1.82) is 0 Å². The average molecular weight is 599 g/mol. The van der Waals surface area contributed by atoms with Gasteiger partial charge in [0.2, 0.25) is 0 Å². The molecule has 2 heterocycles. The van der Waals surface area contributed by atoms with Crippen LogP contribution in [-0.4, -0.2) is 66.4 Å². The smallest absolute Gasteiger partial charge is 0.119 e. The molecule has 6 heteroatoms. The van der Waals surface area contributed by atoms with Gasteiger partial charge in [-0.15, -0.1) is 11.3 Å². The zero-order valence-electron chi connectivity index (χ0n) is 25.8. The number of phenols is 1. The minimum absolute atomic E-state index is 0.256. The molecule has 2 atom stereocenters. The van der Waals surface area contributed by atoms with E-state index in [0.717, 1.165) is 55.3 Å². The molecule has 4 aromatic rings. The van der Waals surface area contributed by atoms with E-state index in [4.69, 9.17) is 9.47 Å². The Bertz CT molecular complexity index is 1460. The molecule has 5 nitrogen and oxygen atoms in total. The zero-order chi connectivity index (χ0) is 29.6. The van der Waals surface area contributed by atoms with Crippen molar-refractivity contribution >= 4 is 21.4 Å². The second-order valence-electron chi connectivity index (χ2n) is 12.1. The summed E-state index contributed by atoms with van der Waals surface area (Å²) in [5.41, 5.74) is 3.74. The molecule has 1 N–H and O–H groups in total. The number of likely N-dealkylation sites (N-methyl/N-ethyl adjacent to an activating group) is 1. The van der Waals surface area contributed by atoms with Crippen LogP contribution in [-0.2, 0) is 6.42 Å². The zero-order valence-corrected chi connectivity index (χ0v) is 26.6. The molecule has 6 rings (SSSR count). The average Bonchev–Trinajstić information content (AvgIpc) is 3.68. The summed E-state index contributed by atoms with van der Waals surface area (Å²) in [6.07, 6.45) is 8.58. The monoisotopic (exact) mass is 598 g/mol. The first-order valence-corrected chi connectivity index (χ1v) is 17.1. The van der Waals surface area contributed by atoms with Crippen LogP contribution in [0.5, 0.6) is 17.2 Å². The lowest BCUT2D eigenvalue weighted by Crippen LogP contribution is -2.47. The van der Waals surface area contributed by atoms with Crippen LogP contribution in [0.2, 0.25) is 0 Å². The molecule has 2 fully saturated rings. The lowest BCUT2D eigenvalue weighted by Gasteiger charge is -2.39. The largest absolute Gasteiger partial charge is 0.508 e. The first-order valence-electron chi connectivity index (χ1n) is 16.3. The highest BCUT2D eigenvalue weighted by molar-refractivity contribution is 7.22. The predicted octanol–water partition coefficient (Wildman–Crippen LogP) is 8.37. The summed E-state index contributed by atoms with van der Waals surface area (Å²) in [5.74, 6) is 2.19. The molecule has 1 saturated carbocycles. The Morgan fingerprint density at radius 1 is 0.860 bits per heavy atom. The van der Waals surface area contributed by atoms with E-state index >= 15 is 0 Å². The summed E-state index contributed by atoms with van der Waals surface area (Å²) in [6, 6.07) is 23.5. The lowest BCUT2D eigenvalue weighted by atomic mass is 9.91. The molecule has 0 unspecified atom stereocenters. The first kappa shape index (κ1) is 30.0. The fraction of sp³-hybridized carbons (Fsp3) is 0.459. The van der Waals surface area contributed by atoms with Crippen molar-refractivity contribution in [3.05, 3.63) is 77.9 Å². The third-order valence-electron chi connectivity index (χ3n) is 9.31. The highest BCUT2D eigenvalue weighted by atomic mass is 32.1. The van der Waals surface area contributed by atoms with E-state index in [1.807, 2.05) is 6.07 Å². The van der Waals surface area contributed by atoms with Crippen LogP contribution in [0.15, 0.2) is 66.7 Å². The maximum Gasteiger partial charge on any atom is 0.119 e. The van der Waals surface area contributed by atoms with E-state index in [-0.39, 0.29) is 6.10 Å². The van der Waals surface area contributed by atoms with Gasteiger partial charge in [-0.05, 0) is 141 Å². The molecule has 1 aromatic heterocycles. The van der Waals surface area contributed by atoms with Gasteiger partial charge in [-0.3, -0.25) is 9.80 Å². The number of thiophene rings is 1. The molecule has 3 aromatic carbocycles. The number of likely N-dealkylation sites (tertiary alicyclic amines) is 1. The molecule has 1 saturated heterocycles. The number of hydrogen-bond acceptors (Lipinski definition) is 6. The molecule has 0 spiro atoms. The van der Waals surface area contributed by atoms with Crippen molar-refractivity contribution in [2.24, 2.45) is 0 Å². The Morgan fingerprint density at radius 3 is 2.33 bits per heavy atom. The number of nitrogens with zero attached hydrogens (tertiary/aromatic N) is 2. The molecule has 1 aliphatic heterocycles. The molecule has 228 valence electrons. The van der Waals surface area contributed by atoms with Gasteiger partial charge in [0.25, 0.3) is 0 Å². The summed E-state index contributed by atoms with van der Waals surface area (Å²) in [5, 5.41) is 11.4. The topological polar surface area (TPSA) is 45.2 Å². The molecule has 0 radical (unpaired) electrons. The maximum atomic E-state index is 10.2. The van der Waals surface area contributed by atoms with Crippen molar-refractivity contribution in [1.82, 2.24) is 9.80 Å². The molecule has 43 heavy (non-hydrogen) atoms. The molecular weight excluding hydrogens is 552 g/mol. The van der Waals surface area contributed by atoms with E-state index < -0.39 is 0 Å². The second kappa shape index (κ2) is 14.1. The SMILES string of the molecule is CCN(CC)[C@@H]1CCCC[C@H]1Oc1ccc(Cc2c(-c3ccc(OCCN4CCCC4)cc3)sc3cc(O)ccc23)cc1. The van der Waals surface area contributed by atoms with Gasteiger partial charge >= 0.3 is 0 Å². The molecule has 0 bridgehead atoms. The number of hydrogen-bond donors (Lipinski definition) is 1. The Balaban J connectivity index is 1.18. The van der Waals surface area contributed by atoms with Crippen molar-refractivity contribution in [3.8, 4) is 27.7 Å². The number of phenolic OH excluding ortho intramolecular Hbond substituents is 1. The number of aromatic hydroxyl groups is 1. The van der Waals surface area contributed by atoms with Crippen LogP contribution < -0.4 is 9.47 Å². The minimum atomic E-state index is 0.256. The standard InChI is InChI=1S/C37H46N2O3S/c1-3-39(4-2)34-9-5-6-10-35(34)42-31-16-11-27(12-17-31)25-33-32-20-15-29(40)26-36(32)43-37(33)28-13-18-30(19-14-28)41-24-23-38-21-7-8-22-38/h11-20,26,34-35,40H,3-10,21-25H2,1-2H3/t34-,35-/m1/s1. The van der Waals surface area contributed by atoms with Gasteiger partial charge in [0.15, 0.2) is 0 Å². The Labute approximate surface area is 261 Å². The van der Waals surface area contributed by atoms with Crippen LogP contribution in [0.3, 0.4) is 0 Å². The third kappa shape index (κ3) is 7.19. The Kier molecular flexibility index (Phi) is 9.87. The molecule has 0 amide bonds. The number of benzene rings is 3. The van der Waals surface area contributed by atoms with Gasteiger partial charge in [-0.1, -0.05) is 32.4 Å². The van der Waals surface area contributed by atoms with Crippen molar-refractivity contribution in [2.75, 3.05) is 39.3 Å². The number of ether oxygens (including phenoxy) is 2. The van der Waals surface area contributed by atoms with E-state index in [1.54, 1.807) is 17.4 Å². The summed E-state index contributed by atoms with van der Waals surface area (Å²) in [7, 11) is 0. The van der Waals surface area contributed by atoms with Crippen molar-refractivity contribution in [2.45, 2.75) is 70.9 Å². The summed E-state index contributed by atoms with van der Waals surface area (Å²) in [6.45, 7) is 10.8. The van der Waals surface area contributed by atoms with Crippen LogP contribution in [0.4, 0.5) is 0 Å². The fourth-order valence-electron chi connectivity index (χ4n) is 6.94. The highest BCUT2D eigenvalue weighted by Gasteiger charge is 2.30. The van der Waals surface area contributed by atoms with Crippen molar-refractivity contribution in [3.63, 3.8) is 0 Å². The summed E-state index contributed by atoms with van der Waals surface area (Å²) in [4.78, 5) is 6.28. The predicted molar refractivity (Wildman–Crippen MR) is 179 cm³/mol. The lowest BCUT2D eigenvalue weighted by molar-refractivity contribution is 0.0413. The van der Waals surface area contributed by atoms with Gasteiger partial charge in [-0.2, -0.15) is 0 Å². The van der Waals surface area contributed by atoms with Crippen LogP contribution in [0.1, 0.15) is 63.5 Å². The minimum Gasteiger partial charge on any atom is -0.508 e. The van der Waals surface area contributed by atoms with Gasteiger partial charge in [-0.25, -0.2) is 0 Å². The van der Waals surface area contributed by atoms with Crippen LogP contribution >= 0.6 is 11.3 Å². The van der Waals surface area contributed by atoms with Gasteiger partial charge < -0.3 is 14.6 Å². The van der Waals surface area contributed by atoms with E-state index in [0.29, 0.717) is 11.8 Å². The summed E-state index contributed by atoms with van der Waals surface area (Å²) >= 11 is 1.75. The van der Waals surface area contributed by atoms with Crippen LogP contribution in [0, 0.1) is 0 Å². The second-order valence-corrected chi connectivity index (χ2v) is 13.1. The molecule has 1 aliphatic carbocycles. The van der Waals surface area contributed by atoms with Gasteiger partial charge in [0, 0.05) is 22.2 Å². The number of rotatable bonds is 12. The van der Waals surface area contributed by atoms with E-state index in [2.05, 4.69) is 78.2 Å². The Morgan fingerprint density at radius 2 is 1.58 bits per heavy atom. The van der Waals surface area contributed by atoms with E-state index in [9.17, 15) is 5.11 Å². The normalized spacial score (nSPS) is 19.3. The first-order chi connectivity index (χ1) is 21.1. The third-order valence-corrected chi connectivity index (χ3v) is 10.6. The number of fused-ring (bicyclic) bond motifs is 1. The highest BCUT2D eigenvalue weighted by Crippen LogP contribution is 2.41. The van der Waals surface area contributed by atoms with Crippen LogP contribution in [0.25, 0.3) is 20.5 Å². The molecule has 2 aliphatic rings. The van der Waals surface area contributed by atoms with E-state index in [1.165, 1.54) is 72.1 Å². The Hall–Kier alpha value is -3.06. The van der Waals surface area contributed by atoms with Gasteiger partial charge in [0.1, 0.15) is 30.0 Å². The van der Waals surface area contributed by atoms with Gasteiger partial charge in [0.05, 0.1) is 0 Å². The quantitative estimate of drug-likeness (QED) is 0.178. The fourth-order valence-corrected chi connectivity index (χ4v) is 8.20.